The second-order valence-electron chi connectivity index (χ2n) is 3.19. The van der Waals surface area contributed by atoms with Gasteiger partial charge in [-0.2, -0.15) is 5.10 Å². The van der Waals surface area contributed by atoms with Crippen molar-refractivity contribution < 1.29 is 4.79 Å². The van der Waals surface area contributed by atoms with E-state index in [0.29, 0.717) is 10.6 Å². The number of rotatable bonds is 1. The van der Waals surface area contributed by atoms with Crippen LogP contribution in [0.15, 0.2) is 36.5 Å². The number of aryl methyl sites for hydroxylation is 1. The lowest BCUT2D eigenvalue weighted by Crippen LogP contribution is -2.13. The summed E-state index contributed by atoms with van der Waals surface area (Å²) in [6, 6.07) is 8.70. The van der Waals surface area contributed by atoms with Crippen molar-refractivity contribution in [1.29, 1.82) is 0 Å². The zero-order valence-electron chi connectivity index (χ0n) is 8.14. The summed E-state index contributed by atoms with van der Waals surface area (Å²) in [6.45, 7) is 1.83. The number of carbonyl (C=O) groups is 1. The van der Waals surface area contributed by atoms with Gasteiger partial charge in [0.15, 0.2) is 0 Å². The van der Waals surface area contributed by atoms with Gasteiger partial charge in [-0.25, -0.2) is 4.68 Å². The predicted molar refractivity (Wildman–Crippen MR) is 58.1 cm³/mol. The Morgan fingerprint density at radius 1 is 1.33 bits per heavy atom. The number of halogens is 1. The van der Waals surface area contributed by atoms with Crippen LogP contribution in [0.25, 0.3) is 0 Å². The number of aromatic nitrogens is 2. The highest BCUT2D eigenvalue weighted by atomic mass is 35.5. The minimum atomic E-state index is -0.214. The van der Waals surface area contributed by atoms with Crippen LogP contribution in [0.5, 0.6) is 0 Å². The number of hydrogen-bond donors (Lipinski definition) is 0. The highest BCUT2D eigenvalue weighted by molar-refractivity contribution is 6.33. The van der Waals surface area contributed by atoms with Crippen molar-refractivity contribution in [2.75, 3.05) is 0 Å². The first kappa shape index (κ1) is 9.93. The average Bonchev–Trinajstić information content (AvgIpc) is 2.65. The molecule has 0 saturated carbocycles. The third kappa shape index (κ3) is 1.92. The molecule has 15 heavy (non-hydrogen) atoms. The van der Waals surface area contributed by atoms with Gasteiger partial charge in [0.25, 0.3) is 5.91 Å². The fourth-order valence-corrected chi connectivity index (χ4v) is 1.50. The first-order chi connectivity index (χ1) is 7.18. The molecule has 1 aromatic heterocycles. The summed E-state index contributed by atoms with van der Waals surface area (Å²) in [5.41, 5.74) is 1.26. The molecule has 0 fully saturated rings. The van der Waals surface area contributed by atoms with Crippen molar-refractivity contribution >= 4 is 17.5 Å². The monoisotopic (exact) mass is 220 g/mol. The molecule has 3 nitrogen and oxygen atoms in total. The van der Waals surface area contributed by atoms with Gasteiger partial charge in [0.1, 0.15) is 0 Å². The quantitative estimate of drug-likeness (QED) is 0.740. The van der Waals surface area contributed by atoms with Crippen molar-refractivity contribution in [2.24, 2.45) is 0 Å². The summed E-state index contributed by atoms with van der Waals surface area (Å²) in [5, 5.41) is 4.48. The van der Waals surface area contributed by atoms with Crippen molar-refractivity contribution in [2.45, 2.75) is 6.92 Å². The maximum atomic E-state index is 11.9. The minimum Gasteiger partial charge on any atom is -0.267 e. The Hall–Kier alpha value is -1.61. The van der Waals surface area contributed by atoms with Crippen LogP contribution in [0.2, 0.25) is 5.02 Å². The zero-order chi connectivity index (χ0) is 10.8. The van der Waals surface area contributed by atoms with E-state index in [2.05, 4.69) is 5.10 Å². The standard InChI is InChI=1S/C11H9ClN2O/c1-8-6-7-14(13-8)11(15)9-4-2-3-5-10(9)12/h2-7H,1H3. The third-order valence-electron chi connectivity index (χ3n) is 2.03. The predicted octanol–water partition coefficient (Wildman–Crippen LogP) is 2.53. The fraction of sp³-hybridized carbons (Fsp3) is 0.0909. The van der Waals surface area contributed by atoms with Crippen LogP contribution in [0.3, 0.4) is 0 Å². The maximum Gasteiger partial charge on any atom is 0.279 e. The Bertz CT molecular complexity index is 505. The lowest BCUT2D eigenvalue weighted by atomic mass is 10.2. The van der Waals surface area contributed by atoms with Crippen LogP contribution in [0.4, 0.5) is 0 Å². The molecule has 0 aliphatic carbocycles. The molecule has 1 heterocycles. The molecule has 0 N–H and O–H groups in total. The summed E-state index contributed by atoms with van der Waals surface area (Å²) in [5.74, 6) is -0.214. The van der Waals surface area contributed by atoms with E-state index in [-0.39, 0.29) is 5.91 Å². The van der Waals surface area contributed by atoms with Gasteiger partial charge < -0.3 is 0 Å². The van der Waals surface area contributed by atoms with E-state index in [4.69, 9.17) is 11.6 Å². The summed E-state index contributed by atoms with van der Waals surface area (Å²) in [4.78, 5) is 11.9. The molecule has 0 amide bonds. The van der Waals surface area contributed by atoms with Gasteiger partial charge in [0.05, 0.1) is 16.3 Å². The minimum absolute atomic E-state index is 0.214. The van der Waals surface area contributed by atoms with Gasteiger partial charge >= 0.3 is 0 Å². The SMILES string of the molecule is Cc1ccn(C(=O)c2ccccc2Cl)n1. The molecule has 0 aliphatic heterocycles. The lowest BCUT2D eigenvalue weighted by Gasteiger charge is -2.02. The van der Waals surface area contributed by atoms with Crippen LogP contribution in [-0.2, 0) is 0 Å². The maximum absolute atomic E-state index is 11.9. The Morgan fingerprint density at radius 3 is 2.67 bits per heavy atom. The highest BCUT2D eigenvalue weighted by Crippen LogP contribution is 2.15. The molecule has 2 rings (SSSR count). The topological polar surface area (TPSA) is 34.9 Å². The highest BCUT2D eigenvalue weighted by Gasteiger charge is 2.12. The van der Waals surface area contributed by atoms with Crippen molar-refractivity contribution in [3.05, 3.63) is 52.8 Å². The molecule has 0 saturated heterocycles. The van der Waals surface area contributed by atoms with E-state index in [9.17, 15) is 4.79 Å². The van der Waals surface area contributed by atoms with Gasteiger partial charge in [-0.05, 0) is 25.1 Å². The number of nitrogens with zero attached hydrogens (tertiary/aromatic N) is 2. The molecule has 4 heteroatoms. The van der Waals surface area contributed by atoms with Crippen LogP contribution >= 0.6 is 11.6 Å². The Balaban J connectivity index is 2.41. The van der Waals surface area contributed by atoms with E-state index in [0.717, 1.165) is 5.69 Å². The average molecular weight is 221 g/mol. The zero-order valence-corrected chi connectivity index (χ0v) is 8.90. The van der Waals surface area contributed by atoms with Crippen LogP contribution in [-0.4, -0.2) is 15.7 Å². The number of benzene rings is 1. The molecular weight excluding hydrogens is 212 g/mol. The summed E-state index contributed by atoms with van der Waals surface area (Å²) in [6.07, 6.45) is 1.63. The third-order valence-corrected chi connectivity index (χ3v) is 2.36. The van der Waals surface area contributed by atoms with Crippen molar-refractivity contribution in [3.8, 4) is 0 Å². The van der Waals surface area contributed by atoms with E-state index >= 15 is 0 Å². The smallest absolute Gasteiger partial charge is 0.267 e. The van der Waals surface area contributed by atoms with Gasteiger partial charge in [-0.3, -0.25) is 4.79 Å². The molecule has 0 atom stereocenters. The van der Waals surface area contributed by atoms with E-state index in [1.165, 1.54) is 4.68 Å². The van der Waals surface area contributed by atoms with Crippen molar-refractivity contribution in [3.63, 3.8) is 0 Å². The van der Waals surface area contributed by atoms with Gasteiger partial charge in [-0.1, -0.05) is 23.7 Å². The molecule has 0 radical (unpaired) electrons. The molecular formula is C11H9ClN2O. The van der Waals surface area contributed by atoms with E-state index in [1.54, 1.807) is 36.5 Å². The second kappa shape index (κ2) is 3.87. The molecule has 2 aromatic rings. The normalized spacial score (nSPS) is 10.3. The molecule has 1 aromatic carbocycles. The summed E-state index contributed by atoms with van der Waals surface area (Å²) < 4.78 is 1.29. The molecule has 0 bridgehead atoms. The van der Waals surface area contributed by atoms with Crippen molar-refractivity contribution in [1.82, 2.24) is 9.78 Å². The second-order valence-corrected chi connectivity index (χ2v) is 3.59. The largest absolute Gasteiger partial charge is 0.279 e. The Labute approximate surface area is 92.3 Å². The number of carbonyl (C=O) groups excluding carboxylic acids is 1. The first-order valence-corrected chi connectivity index (χ1v) is 4.88. The summed E-state index contributed by atoms with van der Waals surface area (Å²) >= 11 is 5.91. The molecule has 0 unspecified atom stereocenters. The summed E-state index contributed by atoms with van der Waals surface area (Å²) in [7, 11) is 0. The molecule has 0 aliphatic rings. The lowest BCUT2D eigenvalue weighted by molar-refractivity contribution is 0.0945. The van der Waals surface area contributed by atoms with Gasteiger partial charge in [-0.15, -0.1) is 0 Å². The molecule has 0 spiro atoms. The van der Waals surface area contributed by atoms with Gasteiger partial charge in [0.2, 0.25) is 0 Å². The van der Waals surface area contributed by atoms with Gasteiger partial charge in [0, 0.05) is 6.20 Å². The van der Waals surface area contributed by atoms with E-state index < -0.39 is 0 Å². The van der Waals surface area contributed by atoms with Crippen LogP contribution in [0, 0.1) is 6.92 Å². The Kier molecular flexibility index (Phi) is 2.56. The van der Waals surface area contributed by atoms with Crippen LogP contribution < -0.4 is 0 Å². The first-order valence-electron chi connectivity index (χ1n) is 4.50. The van der Waals surface area contributed by atoms with E-state index in [1.807, 2.05) is 6.92 Å². The molecule has 76 valence electrons. The Morgan fingerprint density at radius 2 is 2.07 bits per heavy atom. The fourth-order valence-electron chi connectivity index (χ4n) is 1.29. The number of hydrogen-bond acceptors (Lipinski definition) is 2. The van der Waals surface area contributed by atoms with Crippen LogP contribution in [0.1, 0.15) is 16.1 Å².